The van der Waals surface area contributed by atoms with E-state index in [4.69, 9.17) is 4.74 Å². The molecule has 1 aliphatic carbocycles. The van der Waals surface area contributed by atoms with Gasteiger partial charge in [-0.15, -0.1) is 11.3 Å². The molecule has 0 atom stereocenters. The Balaban J connectivity index is 1.70. The second-order valence-corrected chi connectivity index (χ2v) is 6.87. The predicted octanol–water partition coefficient (Wildman–Crippen LogP) is 3.95. The van der Waals surface area contributed by atoms with Crippen molar-refractivity contribution in [3.63, 3.8) is 0 Å². The number of aromatic nitrogens is 2. The quantitative estimate of drug-likeness (QED) is 0.776. The van der Waals surface area contributed by atoms with Gasteiger partial charge in [0, 0.05) is 11.8 Å². The highest BCUT2D eigenvalue weighted by Crippen LogP contribution is 2.38. The van der Waals surface area contributed by atoms with E-state index in [1.165, 1.54) is 16.9 Å². The van der Waals surface area contributed by atoms with Gasteiger partial charge in [-0.1, -0.05) is 6.07 Å². The third-order valence-corrected chi connectivity index (χ3v) is 5.36. The van der Waals surface area contributed by atoms with Crippen LogP contribution in [0.3, 0.4) is 0 Å². The molecule has 2 heterocycles. The van der Waals surface area contributed by atoms with Gasteiger partial charge in [-0.05, 0) is 49.1 Å². The fraction of sp³-hybridized carbons (Fsp3) is 0.211. The molecule has 0 saturated carbocycles. The van der Waals surface area contributed by atoms with Gasteiger partial charge >= 0.3 is 0 Å². The normalized spacial score (nSPS) is 12.7. The number of amides is 1. The average Bonchev–Trinajstić information content (AvgIpc) is 2.99. The molecule has 1 aromatic carbocycles. The number of pyridine rings is 1. The SMILES string of the molecule is COc1ccc2c(c1)-c1sc(C(=O)Nc3cccnc3)nc1CCC2. The molecular formula is C19H17N3O2S. The summed E-state index contributed by atoms with van der Waals surface area (Å²) >= 11 is 1.44. The number of hydrogen-bond acceptors (Lipinski definition) is 5. The number of thiazole rings is 1. The van der Waals surface area contributed by atoms with Crippen LogP contribution in [0.5, 0.6) is 5.75 Å². The highest BCUT2D eigenvalue weighted by molar-refractivity contribution is 7.17. The van der Waals surface area contributed by atoms with Crippen LogP contribution < -0.4 is 10.1 Å². The first-order valence-corrected chi connectivity index (χ1v) is 8.94. The summed E-state index contributed by atoms with van der Waals surface area (Å²) in [5, 5.41) is 3.33. The summed E-state index contributed by atoms with van der Waals surface area (Å²) in [5.74, 6) is 0.622. The summed E-state index contributed by atoms with van der Waals surface area (Å²) in [6, 6.07) is 9.73. The molecule has 6 heteroatoms. The van der Waals surface area contributed by atoms with Gasteiger partial charge in [0.15, 0.2) is 5.01 Å². The Morgan fingerprint density at radius 2 is 2.20 bits per heavy atom. The molecule has 126 valence electrons. The minimum absolute atomic E-state index is 0.199. The first kappa shape index (κ1) is 15.8. The number of rotatable bonds is 3. The standard InChI is InChI=1S/C19H17N3O2S/c1-24-14-8-7-12-4-2-6-16-17(15(12)10-14)25-19(22-16)18(23)21-13-5-3-9-20-11-13/h3,5,7-11H,2,4,6H2,1H3,(H,21,23). The second-order valence-electron chi connectivity index (χ2n) is 5.87. The van der Waals surface area contributed by atoms with Gasteiger partial charge in [0.25, 0.3) is 5.91 Å². The Kier molecular flexibility index (Phi) is 4.19. The molecule has 0 fully saturated rings. The lowest BCUT2D eigenvalue weighted by Gasteiger charge is -2.08. The van der Waals surface area contributed by atoms with Crippen molar-refractivity contribution in [2.75, 3.05) is 12.4 Å². The monoisotopic (exact) mass is 351 g/mol. The van der Waals surface area contributed by atoms with Gasteiger partial charge in [0.2, 0.25) is 0 Å². The number of ether oxygens (including phenoxy) is 1. The Morgan fingerprint density at radius 1 is 1.28 bits per heavy atom. The van der Waals surface area contributed by atoms with Crippen molar-refractivity contribution in [3.05, 3.63) is 59.0 Å². The van der Waals surface area contributed by atoms with E-state index in [1.807, 2.05) is 18.2 Å². The van der Waals surface area contributed by atoms with E-state index in [0.29, 0.717) is 10.7 Å². The van der Waals surface area contributed by atoms with E-state index in [-0.39, 0.29) is 5.91 Å². The number of aryl methyl sites for hydroxylation is 2. The van der Waals surface area contributed by atoms with Crippen molar-refractivity contribution in [3.8, 4) is 16.2 Å². The Morgan fingerprint density at radius 3 is 3.00 bits per heavy atom. The molecule has 3 aromatic rings. The van der Waals surface area contributed by atoms with E-state index >= 15 is 0 Å². The maximum atomic E-state index is 12.5. The average molecular weight is 351 g/mol. The Bertz CT molecular complexity index is 922. The molecule has 0 unspecified atom stereocenters. The van der Waals surface area contributed by atoms with Crippen molar-refractivity contribution in [1.82, 2.24) is 9.97 Å². The zero-order chi connectivity index (χ0) is 17.2. The molecule has 2 aromatic heterocycles. The fourth-order valence-corrected chi connectivity index (χ4v) is 4.07. The van der Waals surface area contributed by atoms with Crippen molar-refractivity contribution < 1.29 is 9.53 Å². The van der Waals surface area contributed by atoms with Crippen molar-refractivity contribution in [2.45, 2.75) is 19.3 Å². The van der Waals surface area contributed by atoms with Crippen LogP contribution in [0, 0.1) is 0 Å². The van der Waals surface area contributed by atoms with Gasteiger partial charge in [-0.3, -0.25) is 9.78 Å². The fourth-order valence-electron chi connectivity index (χ4n) is 3.01. The minimum atomic E-state index is -0.199. The molecule has 25 heavy (non-hydrogen) atoms. The smallest absolute Gasteiger partial charge is 0.284 e. The molecule has 0 aliphatic heterocycles. The highest BCUT2D eigenvalue weighted by atomic mass is 32.1. The second kappa shape index (κ2) is 6.64. The van der Waals surface area contributed by atoms with Crippen molar-refractivity contribution in [1.29, 1.82) is 0 Å². The third kappa shape index (κ3) is 3.13. The number of carbonyl (C=O) groups excluding carboxylic acids is 1. The van der Waals surface area contributed by atoms with Crippen LogP contribution in [-0.4, -0.2) is 23.0 Å². The van der Waals surface area contributed by atoms with E-state index in [9.17, 15) is 4.79 Å². The molecule has 1 N–H and O–H groups in total. The zero-order valence-electron chi connectivity index (χ0n) is 13.8. The van der Waals surface area contributed by atoms with Gasteiger partial charge in [0.1, 0.15) is 5.75 Å². The number of benzene rings is 1. The number of nitrogens with one attached hydrogen (secondary N) is 1. The van der Waals surface area contributed by atoms with Crippen LogP contribution in [0.25, 0.3) is 10.4 Å². The molecule has 1 amide bonds. The number of anilines is 1. The van der Waals surface area contributed by atoms with Crippen LogP contribution in [0.15, 0.2) is 42.7 Å². The molecule has 0 spiro atoms. The molecular weight excluding hydrogens is 334 g/mol. The summed E-state index contributed by atoms with van der Waals surface area (Å²) in [4.78, 5) is 22.2. The van der Waals surface area contributed by atoms with Gasteiger partial charge < -0.3 is 10.1 Å². The van der Waals surface area contributed by atoms with Crippen LogP contribution in [0.4, 0.5) is 5.69 Å². The number of nitrogens with zero attached hydrogens (tertiary/aromatic N) is 2. The maximum absolute atomic E-state index is 12.5. The van der Waals surface area contributed by atoms with Gasteiger partial charge in [-0.25, -0.2) is 4.98 Å². The van der Waals surface area contributed by atoms with Crippen molar-refractivity contribution in [2.24, 2.45) is 0 Å². The first-order chi connectivity index (χ1) is 12.2. The molecule has 4 rings (SSSR count). The van der Waals surface area contributed by atoms with Crippen LogP contribution >= 0.6 is 11.3 Å². The van der Waals surface area contributed by atoms with Gasteiger partial charge in [-0.2, -0.15) is 0 Å². The van der Waals surface area contributed by atoms with E-state index in [1.54, 1.807) is 25.6 Å². The number of fused-ring (bicyclic) bond motifs is 3. The number of carbonyl (C=O) groups is 1. The topological polar surface area (TPSA) is 64.1 Å². The number of methoxy groups -OCH3 is 1. The van der Waals surface area contributed by atoms with Crippen molar-refractivity contribution >= 4 is 22.9 Å². The molecule has 0 radical (unpaired) electrons. The lowest BCUT2D eigenvalue weighted by atomic mass is 10.0. The molecule has 1 aliphatic rings. The molecule has 0 bridgehead atoms. The third-order valence-electron chi connectivity index (χ3n) is 4.23. The van der Waals surface area contributed by atoms with E-state index < -0.39 is 0 Å². The first-order valence-electron chi connectivity index (χ1n) is 8.13. The minimum Gasteiger partial charge on any atom is -0.497 e. The summed E-state index contributed by atoms with van der Waals surface area (Å²) in [6.45, 7) is 0. The Labute approximate surface area is 149 Å². The lowest BCUT2D eigenvalue weighted by Crippen LogP contribution is -2.11. The maximum Gasteiger partial charge on any atom is 0.284 e. The van der Waals surface area contributed by atoms with Gasteiger partial charge in [0.05, 0.1) is 29.6 Å². The zero-order valence-corrected chi connectivity index (χ0v) is 14.6. The summed E-state index contributed by atoms with van der Waals surface area (Å²) in [6.07, 6.45) is 6.21. The predicted molar refractivity (Wildman–Crippen MR) is 98.3 cm³/mol. The van der Waals surface area contributed by atoms with E-state index in [0.717, 1.165) is 41.1 Å². The summed E-state index contributed by atoms with van der Waals surface area (Å²) in [5.41, 5.74) is 4.07. The molecule has 5 nitrogen and oxygen atoms in total. The Hall–Kier alpha value is -2.73. The summed E-state index contributed by atoms with van der Waals surface area (Å²) in [7, 11) is 1.67. The van der Waals surface area contributed by atoms with Crippen LogP contribution in [0.2, 0.25) is 0 Å². The molecule has 0 saturated heterocycles. The van der Waals surface area contributed by atoms with Crippen LogP contribution in [0.1, 0.15) is 27.5 Å². The van der Waals surface area contributed by atoms with E-state index in [2.05, 4.69) is 21.4 Å². The largest absolute Gasteiger partial charge is 0.497 e. The summed E-state index contributed by atoms with van der Waals surface area (Å²) < 4.78 is 5.37. The van der Waals surface area contributed by atoms with Crippen LogP contribution in [-0.2, 0) is 12.8 Å². The lowest BCUT2D eigenvalue weighted by molar-refractivity contribution is 0.102. The number of hydrogen-bond donors (Lipinski definition) is 1. The highest BCUT2D eigenvalue weighted by Gasteiger charge is 2.22.